The fourth-order valence-corrected chi connectivity index (χ4v) is 4.17. The van der Waals surface area contributed by atoms with E-state index in [1.54, 1.807) is 13.8 Å². The summed E-state index contributed by atoms with van der Waals surface area (Å²) in [6, 6.07) is 12.0. The lowest BCUT2D eigenvalue weighted by Gasteiger charge is -2.31. The number of hydrogen-bond acceptors (Lipinski definition) is 6. The first-order chi connectivity index (χ1) is 11.5. The first-order valence-corrected chi connectivity index (χ1v) is 8.50. The molecule has 1 heterocycles. The van der Waals surface area contributed by atoms with E-state index in [1.807, 2.05) is 24.3 Å². The van der Waals surface area contributed by atoms with E-state index >= 15 is 0 Å². The summed E-state index contributed by atoms with van der Waals surface area (Å²) in [6.45, 7) is 4.16. The first kappa shape index (κ1) is 16.9. The Morgan fingerprint density at radius 2 is 1.75 bits per heavy atom. The molecule has 1 aliphatic heterocycles. The molecule has 7 heteroatoms. The molecule has 1 aromatic rings. The molecule has 0 saturated heterocycles. The van der Waals surface area contributed by atoms with E-state index < -0.39 is 22.7 Å². The number of nitrogens with two attached hydrogens (primary N) is 1. The molecule has 3 atom stereocenters. The van der Waals surface area contributed by atoms with Gasteiger partial charge in [0.1, 0.15) is 11.3 Å². The number of nitriles is 2. The van der Waals surface area contributed by atoms with Crippen LogP contribution in [-0.2, 0) is 9.47 Å². The summed E-state index contributed by atoms with van der Waals surface area (Å²) in [6.07, 6.45) is 0. The summed E-state index contributed by atoms with van der Waals surface area (Å²) < 4.78 is 12.5. The average Bonchev–Trinajstić information content (AvgIpc) is 3.15. The molecular formula is C17H17BrN4O2. The Balaban J connectivity index is 2.21. The number of hydrogen-bond donors (Lipinski definition) is 1. The Kier molecular flexibility index (Phi) is 3.92. The number of ether oxygens (including phenoxy) is 2. The molecule has 0 spiro atoms. The Morgan fingerprint density at radius 1 is 1.17 bits per heavy atom. The molecule has 0 radical (unpaired) electrons. The van der Waals surface area contributed by atoms with Crippen LogP contribution in [0.25, 0.3) is 0 Å². The highest BCUT2D eigenvalue weighted by atomic mass is 79.9. The molecule has 6 nitrogen and oxygen atoms in total. The van der Waals surface area contributed by atoms with Crippen molar-refractivity contribution in [2.24, 2.45) is 21.6 Å². The second kappa shape index (κ2) is 5.56. The number of amidine groups is 1. The summed E-state index contributed by atoms with van der Waals surface area (Å²) >= 11 is 3.39. The zero-order valence-electron chi connectivity index (χ0n) is 13.4. The van der Waals surface area contributed by atoms with Crippen molar-refractivity contribution in [3.05, 3.63) is 34.3 Å². The van der Waals surface area contributed by atoms with E-state index in [9.17, 15) is 10.5 Å². The SMILES string of the molecule is CCOC1(OCC)N=C(N)[C@@]2(C#N)[C@@H](c3ccc(Br)cc3)[C@@]12C#N. The molecule has 1 aliphatic carbocycles. The number of aliphatic imine (C=N–C) groups is 1. The van der Waals surface area contributed by atoms with Crippen LogP contribution in [0.5, 0.6) is 0 Å². The molecule has 3 rings (SSSR count). The Hall–Kier alpha value is -1.93. The van der Waals surface area contributed by atoms with Gasteiger partial charge in [0.2, 0.25) is 0 Å². The predicted octanol–water partition coefficient (Wildman–Crippen LogP) is 2.66. The van der Waals surface area contributed by atoms with Gasteiger partial charge < -0.3 is 15.2 Å². The van der Waals surface area contributed by atoms with Crippen LogP contribution in [0.2, 0.25) is 0 Å². The topological polar surface area (TPSA) is 104 Å². The fourth-order valence-electron chi connectivity index (χ4n) is 3.90. The van der Waals surface area contributed by atoms with E-state index in [0.29, 0.717) is 0 Å². The van der Waals surface area contributed by atoms with Crippen LogP contribution >= 0.6 is 15.9 Å². The van der Waals surface area contributed by atoms with Crippen LogP contribution in [0.3, 0.4) is 0 Å². The van der Waals surface area contributed by atoms with Crippen LogP contribution in [0.15, 0.2) is 33.7 Å². The fraction of sp³-hybridized carbons (Fsp3) is 0.471. The number of halogens is 1. The molecule has 124 valence electrons. The third-order valence-corrected chi connectivity index (χ3v) is 5.34. The number of fused-ring (bicyclic) bond motifs is 1. The average molecular weight is 389 g/mol. The standard InChI is InChI=1S/C17H17BrN4O2/c1-3-23-17(24-4-2)16(10-20)13(11-5-7-12(18)8-6-11)15(16,9-19)14(21)22-17/h5-8,13H,3-4H2,1-2H3,(H2,21,22)/t13-,15-,16-/m1/s1. The van der Waals surface area contributed by atoms with E-state index in [4.69, 9.17) is 15.2 Å². The normalized spacial score (nSPS) is 32.4. The highest BCUT2D eigenvalue weighted by Crippen LogP contribution is 2.81. The second-order valence-corrected chi connectivity index (χ2v) is 6.68. The molecule has 1 fully saturated rings. The van der Waals surface area contributed by atoms with Gasteiger partial charge in [-0.1, -0.05) is 28.1 Å². The van der Waals surface area contributed by atoms with Crippen molar-refractivity contribution in [3.63, 3.8) is 0 Å². The van der Waals surface area contributed by atoms with Gasteiger partial charge >= 0.3 is 0 Å². The van der Waals surface area contributed by atoms with Crippen molar-refractivity contribution in [3.8, 4) is 12.1 Å². The van der Waals surface area contributed by atoms with Crippen LogP contribution < -0.4 is 5.73 Å². The molecular weight excluding hydrogens is 372 g/mol. The third kappa shape index (κ3) is 1.72. The zero-order chi connectivity index (χ0) is 17.6. The number of rotatable bonds is 5. The molecule has 1 saturated carbocycles. The largest absolute Gasteiger partial charge is 0.386 e. The monoisotopic (exact) mass is 388 g/mol. The smallest absolute Gasteiger partial charge is 0.293 e. The highest BCUT2D eigenvalue weighted by molar-refractivity contribution is 9.10. The summed E-state index contributed by atoms with van der Waals surface area (Å²) in [7, 11) is 0. The molecule has 2 aliphatic rings. The molecule has 0 aromatic heterocycles. The predicted molar refractivity (Wildman–Crippen MR) is 90.6 cm³/mol. The van der Waals surface area contributed by atoms with Crippen molar-refractivity contribution >= 4 is 21.8 Å². The minimum atomic E-state index is -1.55. The molecule has 2 N–H and O–H groups in total. The summed E-state index contributed by atoms with van der Waals surface area (Å²) in [4.78, 5) is 4.31. The minimum Gasteiger partial charge on any atom is -0.386 e. The lowest BCUT2D eigenvalue weighted by Crippen LogP contribution is -2.43. The van der Waals surface area contributed by atoms with E-state index in [2.05, 4.69) is 33.1 Å². The molecule has 24 heavy (non-hydrogen) atoms. The molecule has 0 bridgehead atoms. The van der Waals surface area contributed by atoms with Gasteiger partial charge in [0, 0.05) is 23.6 Å². The molecule has 0 unspecified atom stereocenters. The Labute approximate surface area is 149 Å². The van der Waals surface area contributed by atoms with Crippen LogP contribution in [0.4, 0.5) is 0 Å². The molecule has 0 amide bonds. The van der Waals surface area contributed by atoms with Crippen LogP contribution in [0.1, 0.15) is 25.3 Å². The second-order valence-electron chi connectivity index (χ2n) is 5.77. The van der Waals surface area contributed by atoms with Crippen LogP contribution in [0, 0.1) is 33.5 Å². The number of benzene rings is 1. The maximum atomic E-state index is 10.1. The summed E-state index contributed by atoms with van der Waals surface area (Å²) in [5.74, 6) is -1.91. The van der Waals surface area contributed by atoms with Gasteiger partial charge in [-0.3, -0.25) is 0 Å². The lowest BCUT2D eigenvalue weighted by atomic mass is 9.93. The Morgan fingerprint density at radius 3 is 2.21 bits per heavy atom. The highest BCUT2D eigenvalue weighted by Gasteiger charge is 2.93. The maximum absolute atomic E-state index is 10.1. The van der Waals surface area contributed by atoms with E-state index in [1.165, 1.54) is 0 Å². The van der Waals surface area contributed by atoms with E-state index in [0.717, 1.165) is 10.0 Å². The molecule has 1 aromatic carbocycles. The van der Waals surface area contributed by atoms with Crippen molar-refractivity contribution in [1.82, 2.24) is 0 Å². The van der Waals surface area contributed by atoms with Gasteiger partial charge in [-0.15, -0.1) is 0 Å². The first-order valence-electron chi connectivity index (χ1n) is 7.71. The quantitative estimate of drug-likeness (QED) is 0.780. The van der Waals surface area contributed by atoms with Crippen molar-refractivity contribution < 1.29 is 9.47 Å². The lowest BCUT2D eigenvalue weighted by molar-refractivity contribution is -0.255. The maximum Gasteiger partial charge on any atom is 0.293 e. The minimum absolute atomic E-state index is 0.0985. The van der Waals surface area contributed by atoms with Gasteiger partial charge in [0.05, 0.1) is 12.1 Å². The van der Waals surface area contributed by atoms with Crippen molar-refractivity contribution in [2.45, 2.75) is 25.7 Å². The zero-order valence-corrected chi connectivity index (χ0v) is 15.0. The van der Waals surface area contributed by atoms with Crippen molar-refractivity contribution in [2.75, 3.05) is 13.2 Å². The van der Waals surface area contributed by atoms with Gasteiger partial charge in [0.25, 0.3) is 5.91 Å². The van der Waals surface area contributed by atoms with E-state index in [-0.39, 0.29) is 19.0 Å². The van der Waals surface area contributed by atoms with Gasteiger partial charge in [0.15, 0.2) is 5.41 Å². The number of nitrogens with zero attached hydrogens (tertiary/aromatic N) is 3. The van der Waals surface area contributed by atoms with Crippen LogP contribution in [-0.4, -0.2) is 25.0 Å². The summed E-state index contributed by atoms with van der Waals surface area (Å²) in [5.41, 5.74) is 4.43. The third-order valence-electron chi connectivity index (χ3n) is 4.81. The van der Waals surface area contributed by atoms with Gasteiger partial charge in [-0.05, 0) is 31.5 Å². The van der Waals surface area contributed by atoms with Crippen molar-refractivity contribution in [1.29, 1.82) is 10.5 Å². The van der Waals surface area contributed by atoms with Gasteiger partial charge in [-0.25, -0.2) is 4.99 Å². The van der Waals surface area contributed by atoms with Gasteiger partial charge in [-0.2, -0.15) is 10.5 Å². The summed E-state index contributed by atoms with van der Waals surface area (Å²) in [5, 5.41) is 20.0. The Bertz CT molecular complexity index is 773.